The Bertz CT molecular complexity index is 1060. The first-order chi connectivity index (χ1) is 15.1. The van der Waals surface area contributed by atoms with Crippen molar-refractivity contribution in [2.75, 3.05) is 0 Å². The maximum Gasteiger partial charge on any atom is 0.255 e. The quantitative estimate of drug-likeness (QED) is 0.543. The van der Waals surface area contributed by atoms with Crippen LogP contribution in [0.1, 0.15) is 41.3 Å². The fourth-order valence-electron chi connectivity index (χ4n) is 3.41. The van der Waals surface area contributed by atoms with Crippen LogP contribution in [0.3, 0.4) is 0 Å². The molecule has 0 bridgehead atoms. The highest BCUT2D eigenvalue weighted by molar-refractivity contribution is 5.94. The van der Waals surface area contributed by atoms with Gasteiger partial charge in [-0.2, -0.15) is 0 Å². The Morgan fingerprint density at radius 3 is 2.48 bits per heavy atom. The van der Waals surface area contributed by atoms with Gasteiger partial charge in [0, 0.05) is 24.6 Å². The molecule has 2 N–H and O–H groups in total. The number of nitrogens with zero attached hydrogens (tertiary/aromatic N) is 2. The Labute approximate surface area is 182 Å². The van der Waals surface area contributed by atoms with Crippen LogP contribution < -0.4 is 15.4 Å². The van der Waals surface area contributed by atoms with E-state index in [1.54, 1.807) is 0 Å². The Balaban J connectivity index is 1.32. The molecule has 1 aromatic heterocycles. The van der Waals surface area contributed by atoms with E-state index in [1.165, 1.54) is 24.3 Å². The largest absolute Gasteiger partial charge is 0.457 e. The number of ether oxygens (including phenoxy) is 1. The smallest absolute Gasteiger partial charge is 0.255 e. The third-order valence-electron chi connectivity index (χ3n) is 5.51. The zero-order chi connectivity index (χ0) is 21.7. The lowest BCUT2D eigenvalue weighted by Crippen LogP contribution is -2.42. The standard InChI is InChI=1S/C25H26N4O2/c1-3-20-6-4-5-7-23(20)31-22-10-8-19(9-11-22)14-28-18(2)25(12-13-25)29-24(30)21-15-26-17-27-16-21/h4-11,15-17,28H,2-3,12-14H2,1H3,(H,29,30). The molecule has 1 aliphatic rings. The van der Waals surface area contributed by atoms with Crippen LogP contribution in [0.5, 0.6) is 11.5 Å². The van der Waals surface area contributed by atoms with Gasteiger partial charge in [-0.05, 0) is 48.6 Å². The lowest BCUT2D eigenvalue weighted by Gasteiger charge is -2.21. The van der Waals surface area contributed by atoms with Crippen molar-refractivity contribution in [3.63, 3.8) is 0 Å². The second-order valence-electron chi connectivity index (χ2n) is 7.70. The number of hydrogen-bond acceptors (Lipinski definition) is 5. The van der Waals surface area contributed by atoms with Crippen LogP contribution in [0.25, 0.3) is 0 Å². The van der Waals surface area contributed by atoms with Gasteiger partial charge in [0.05, 0.1) is 11.1 Å². The van der Waals surface area contributed by atoms with Gasteiger partial charge in [0.1, 0.15) is 17.8 Å². The normalized spacial score (nSPS) is 13.8. The zero-order valence-corrected chi connectivity index (χ0v) is 17.6. The first-order valence-corrected chi connectivity index (χ1v) is 10.4. The number of benzene rings is 2. The summed E-state index contributed by atoms with van der Waals surface area (Å²) < 4.78 is 6.04. The molecule has 158 valence electrons. The monoisotopic (exact) mass is 414 g/mol. The summed E-state index contributed by atoms with van der Waals surface area (Å²) in [5, 5.41) is 6.43. The Kier molecular flexibility index (Phi) is 5.98. The first-order valence-electron chi connectivity index (χ1n) is 10.4. The highest BCUT2D eigenvalue weighted by Gasteiger charge is 2.47. The third-order valence-corrected chi connectivity index (χ3v) is 5.51. The summed E-state index contributed by atoms with van der Waals surface area (Å²) in [7, 11) is 0. The van der Waals surface area contributed by atoms with Crippen molar-refractivity contribution in [2.45, 2.75) is 38.3 Å². The number of para-hydroxylation sites is 1. The molecule has 6 nitrogen and oxygen atoms in total. The molecule has 0 aliphatic heterocycles. The topological polar surface area (TPSA) is 76.1 Å². The molecule has 1 heterocycles. The summed E-state index contributed by atoms with van der Waals surface area (Å²) in [6, 6.07) is 16.1. The number of aryl methyl sites for hydroxylation is 1. The highest BCUT2D eigenvalue weighted by Crippen LogP contribution is 2.40. The number of nitrogens with one attached hydrogen (secondary N) is 2. The number of amides is 1. The fourth-order valence-corrected chi connectivity index (χ4v) is 3.41. The number of rotatable bonds is 9. The number of carbonyl (C=O) groups excluding carboxylic acids is 1. The summed E-state index contributed by atoms with van der Waals surface area (Å²) in [5.74, 6) is 1.51. The molecule has 31 heavy (non-hydrogen) atoms. The van der Waals surface area contributed by atoms with Gasteiger partial charge in [-0.3, -0.25) is 4.79 Å². The molecular weight excluding hydrogens is 388 g/mol. The second-order valence-corrected chi connectivity index (χ2v) is 7.70. The Hall–Kier alpha value is -3.67. The fraction of sp³-hybridized carbons (Fsp3) is 0.240. The maximum absolute atomic E-state index is 12.4. The summed E-state index contributed by atoms with van der Waals surface area (Å²) in [5.41, 5.74) is 3.15. The first kappa shape index (κ1) is 20.6. The highest BCUT2D eigenvalue weighted by atomic mass is 16.5. The van der Waals surface area contributed by atoms with Crippen LogP contribution in [0.4, 0.5) is 0 Å². The van der Waals surface area contributed by atoms with Crippen LogP contribution in [-0.2, 0) is 13.0 Å². The van der Waals surface area contributed by atoms with E-state index < -0.39 is 5.54 Å². The molecule has 1 fully saturated rings. The van der Waals surface area contributed by atoms with Crippen molar-refractivity contribution in [3.05, 3.63) is 96.2 Å². The van der Waals surface area contributed by atoms with E-state index in [4.69, 9.17) is 4.74 Å². The predicted molar refractivity (Wildman–Crippen MR) is 120 cm³/mol. The zero-order valence-electron chi connectivity index (χ0n) is 17.6. The van der Waals surface area contributed by atoms with Gasteiger partial charge >= 0.3 is 0 Å². The molecule has 0 saturated heterocycles. The van der Waals surface area contributed by atoms with Crippen LogP contribution >= 0.6 is 0 Å². The minimum atomic E-state index is -0.403. The average molecular weight is 415 g/mol. The van der Waals surface area contributed by atoms with Gasteiger partial charge < -0.3 is 15.4 Å². The van der Waals surface area contributed by atoms with Gasteiger partial charge in [0.2, 0.25) is 0 Å². The Morgan fingerprint density at radius 2 is 1.81 bits per heavy atom. The summed E-state index contributed by atoms with van der Waals surface area (Å²) in [6.07, 6.45) is 7.08. The lowest BCUT2D eigenvalue weighted by molar-refractivity contribution is 0.0936. The Morgan fingerprint density at radius 1 is 1.10 bits per heavy atom. The van der Waals surface area contributed by atoms with E-state index >= 15 is 0 Å². The van der Waals surface area contributed by atoms with E-state index in [9.17, 15) is 4.79 Å². The molecule has 0 atom stereocenters. The van der Waals surface area contributed by atoms with Crippen LogP contribution in [0.15, 0.2) is 79.5 Å². The average Bonchev–Trinajstić information content (AvgIpc) is 3.60. The molecule has 0 radical (unpaired) electrons. The van der Waals surface area contributed by atoms with E-state index in [-0.39, 0.29) is 5.91 Å². The molecule has 2 aromatic carbocycles. The van der Waals surface area contributed by atoms with E-state index in [1.807, 2.05) is 42.5 Å². The van der Waals surface area contributed by atoms with Crippen molar-refractivity contribution in [1.29, 1.82) is 0 Å². The van der Waals surface area contributed by atoms with Crippen molar-refractivity contribution in [1.82, 2.24) is 20.6 Å². The molecule has 1 aliphatic carbocycles. The molecule has 0 spiro atoms. The number of aromatic nitrogens is 2. The molecular formula is C25H26N4O2. The molecule has 3 aromatic rings. The van der Waals surface area contributed by atoms with Crippen molar-refractivity contribution < 1.29 is 9.53 Å². The summed E-state index contributed by atoms with van der Waals surface area (Å²) >= 11 is 0. The summed E-state index contributed by atoms with van der Waals surface area (Å²) in [4.78, 5) is 20.2. The second kappa shape index (κ2) is 9.00. The van der Waals surface area contributed by atoms with E-state index in [0.29, 0.717) is 12.1 Å². The van der Waals surface area contributed by atoms with Gasteiger partial charge in [0.15, 0.2) is 0 Å². The maximum atomic E-state index is 12.4. The van der Waals surface area contributed by atoms with Crippen molar-refractivity contribution >= 4 is 5.91 Å². The lowest BCUT2D eigenvalue weighted by atomic mass is 10.1. The molecule has 1 saturated carbocycles. The van der Waals surface area contributed by atoms with Gasteiger partial charge in [0.25, 0.3) is 5.91 Å². The van der Waals surface area contributed by atoms with Crippen LogP contribution in [0, 0.1) is 0 Å². The van der Waals surface area contributed by atoms with Crippen molar-refractivity contribution in [3.8, 4) is 11.5 Å². The molecule has 6 heteroatoms. The van der Waals surface area contributed by atoms with Gasteiger partial charge in [-0.15, -0.1) is 0 Å². The minimum absolute atomic E-state index is 0.185. The van der Waals surface area contributed by atoms with Crippen molar-refractivity contribution in [2.24, 2.45) is 0 Å². The summed E-state index contributed by atoms with van der Waals surface area (Å²) in [6.45, 7) is 6.90. The predicted octanol–water partition coefficient (Wildman–Crippen LogP) is 4.40. The van der Waals surface area contributed by atoms with E-state index in [2.05, 4.69) is 40.2 Å². The molecule has 1 amide bonds. The molecule has 4 rings (SSSR count). The number of hydrogen-bond donors (Lipinski definition) is 2. The van der Waals surface area contributed by atoms with Crippen LogP contribution in [-0.4, -0.2) is 21.4 Å². The van der Waals surface area contributed by atoms with Gasteiger partial charge in [-0.25, -0.2) is 9.97 Å². The molecule has 0 unspecified atom stereocenters. The van der Waals surface area contributed by atoms with Gasteiger partial charge in [-0.1, -0.05) is 43.8 Å². The number of carbonyl (C=O) groups is 1. The SMILES string of the molecule is C=C(NCc1ccc(Oc2ccccc2CC)cc1)C1(NC(=O)c2cncnc2)CC1. The van der Waals surface area contributed by atoms with Crippen LogP contribution in [0.2, 0.25) is 0 Å². The minimum Gasteiger partial charge on any atom is -0.457 e. The van der Waals surface area contributed by atoms with E-state index in [0.717, 1.165) is 42.0 Å². The third kappa shape index (κ3) is 4.91.